The van der Waals surface area contributed by atoms with Gasteiger partial charge in [-0.25, -0.2) is 6.07 Å². The number of hydrogen-bond acceptors (Lipinski definition) is 5. The second kappa shape index (κ2) is 10.2. The maximum absolute atomic E-state index is 12.4. The normalized spacial score (nSPS) is 10.4. The third-order valence-corrected chi connectivity index (χ3v) is 4.15. The van der Waals surface area contributed by atoms with Gasteiger partial charge in [-0.1, -0.05) is 34.6 Å². The molecule has 0 aliphatic heterocycles. The summed E-state index contributed by atoms with van der Waals surface area (Å²) in [7, 11) is 0. The van der Waals surface area contributed by atoms with Crippen LogP contribution in [0.3, 0.4) is 0 Å². The van der Waals surface area contributed by atoms with Crippen LogP contribution in [0.15, 0.2) is 47.3 Å². The number of rotatable bonds is 5. The number of pyridine rings is 1. The van der Waals surface area contributed by atoms with Crippen molar-refractivity contribution in [2.45, 2.75) is 33.2 Å². The number of aryl methyl sites for hydroxylation is 1. The molecule has 0 spiro atoms. The molecule has 2 heterocycles. The van der Waals surface area contributed by atoms with Crippen molar-refractivity contribution in [1.82, 2.24) is 10.1 Å². The topological polar surface area (TPSA) is 88.3 Å². The molecule has 3 rings (SSSR count). The third-order valence-electron chi connectivity index (χ3n) is 4.15. The Morgan fingerprint density at radius 3 is 2.53 bits per heavy atom. The Bertz CT molecular complexity index is 981. The first-order valence-corrected chi connectivity index (χ1v) is 8.68. The molecule has 7 nitrogen and oxygen atoms in total. The molecule has 0 saturated carbocycles. The molecule has 0 saturated heterocycles. The quantitative estimate of drug-likeness (QED) is 0.397. The molecule has 0 atom stereocenters. The maximum atomic E-state index is 12.4. The molecule has 152 valence electrons. The van der Waals surface area contributed by atoms with Crippen molar-refractivity contribution in [2.75, 3.05) is 10.2 Å². The van der Waals surface area contributed by atoms with Crippen LogP contribution in [0, 0.1) is 20.4 Å². The second-order valence-corrected chi connectivity index (χ2v) is 7.29. The molecule has 2 amide bonds. The molecule has 0 unspecified atom stereocenters. The SMILES string of the molecule is Cc1ccc(C(=O)Nc2ccon2)cc1-c1c[c-]c(N([C-]=O)C(C)(C)C)nc1.[CH3-].[Li+]. The van der Waals surface area contributed by atoms with Gasteiger partial charge >= 0.3 is 18.9 Å². The molecule has 1 N–H and O–H groups in total. The average Bonchev–Trinajstić information content (AvgIpc) is 3.15. The van der Waals surface area contributed by atoms with Crippen LogP contribution in [-0.4, -0.2) is 28.0 Å². The van der Waals surface area contributed by atoms with E-state index in [0.717, 1.165) is 16.7 Å². The number of nitrogens with zero attached hydrogens (tertiary/aromatic N) is 3. The monoisotopic (exact) mass is 398 g/mol. The Labute approximate surface area is 189 Å². The molecule has 0 aliphatic rings. The largest absolute Gasteiger partial charge is 1.00 e. The predicted octanol–water partition coefficient (Wildman–Crippen LogP) is 1.22. The molecular weight excluding hydrogens is 375 g/mol. The number of carbonyl (C=O) groups is 1. The summed E-state index contributed by atoms with van der Waals surface area (Å²) in [5.74, 6) is 0.445. The fourth-order valence-corrected chi connectivity index (χ4v) is 2.65. The zero-order valence-corrected chi connectivity index (χ0v) is 18.1. The summed E-state index contributed by atoms with van der Waals surface area (Å²) in [6.07, 6.45) is 4.94. The molecule has 1 aromatic carbocycles. The molecule has 2 aromatic heterocycles. The number of benzene rings is 1. The van der Waals surface area contributed by atoms with Gasteiger partial charge < -0.3 is 38.0 Å². The van der Waals surface area contributed by atoms with Crippen molar-refractivity contribution >= 4 is 24.0 Å². The number of anilines is 2. The van der Waals surface area contributed by atoms with Crippen molar-refractivity contribution in [3.63, 3.8) is 0 Å². The molecule has 3 aromatic rings. The van der Waals surface area contributed by atoms with Crippen LogP contribution in [0.2, 0.25) is 0 Å². The van der Waals surface area contributed by atoms with Gasteiger partial charge in [-0.15, -0.1) is 5.82 Å². The van der Waals surface area contributed by atoms with Crippen LogP contribution < -0.4 is 29.1 Å². The molecule has 0 aliphatic carbocycles. The van der Waals surface area contributed by atoms with Crippen molar-refractivity contribution in [3.8, 4) is 11.1 Å². The Kier molecular flexibility index (Phi) is 8.58. The molecular formula is C22H23LiN4O3-2. The summed E-state index contributed by atoms with van der Waals surface area (Å²) in [4.78, 5) is 29.5. The van der Waals surface area contributed by atoms with Crippen molar-refractivity contribution in [1.29, 1.82) is 0 Å². The van der Waals surface area contributed by atoms with Crippen LogP contribution in [0.25, 0.3) is 11.1 Å². The van der Waals surface area contributed by atoms with Crippen molar-refractivity contribution in [2.24, 2.45) is 0 Å². The molecule has 0 fully saturated rings. The zero-order chi connectivity index (χ0) is 20.3. The summed E-state index contributed by atoms with van der Waals surface area (Å²) >= 11 is 0. The first-order valence-electron chi connectivity index (χ1n) is 8.68. The van der Waals surface area contributed by atoms with Gasteiger partial charge in [-0.3, -0.25) is 4.79 Å². The van der Waals surface area contributed by atoms with Crippen LogP contribution in [-0.2, 0) is 4.79 Å². The van der Waals surface area contributed by atoms with E-state index in [1.165, 1.54) is 11.2 Å². The van der Waals surface area contributed by atoms with E-state index < -0.39 is 5.54 Å². The van der Waals surface area contributed by atoms with Crippen molar-refractivity contribution < 1.29 is 33.0 Å². The van der Waals surface area contributed by atoms with Gasteiger partial charge in [0.15, 0.2) is 5.82 Å². The van der Waals surface area contributed by atoms with Gasteiger partial charge in [0, 0.05) is 17.2 Å². The minimum atomic E-state index is -0.457. The minimum absolute atomic E-state index is 0. The number of amides is 2. The minimum Gasteiger partial charge on any atom is -0.473 e. The van der Waals surface area contributed by atoms with Crippen LogP contribution in [0.1, 0.15) is 36.7 Å². The van der Waals surface area contributed by atoms with Gasteiger partial charge in [0.2, 0.25) is 0 Å². The number of hydrogen-bond donors (Lipinski definition) is 1. The van der Waals surface area contributed by atoms with E-state index in [4.69, 9.17) is 4.52 Å². The molecule has 30 heavy (non-hydrogen) atoms. The van der Waals surface area contributed by atoms with E-state index in [0.29, 0.717) is 17.2 Å². The standard InChI is InChI=1S/C21H20N4O3.CH3.Li/c1-14-5-6-15(20(27)23-18-9-10-28-24-18)11-17(14)16-7-8-19(22-12-16)25(13-26)21(2,3)4;;/h5-7,9-12H,1-4H3,(H,23,24,27);1H3;/q-2;-1;+1. The van der Waals surface area contributed by atoms with E-state index in [1.54, 1.807) is 30.5 Å². The number of aromatic nitrogens is 2. The smallest absolute Gasteiger partial charge is 0.473 e. The van der Waals surface area contributed by atoms with E-state index >= 15 is 0 Å². The first-order chi connectivity index (χ1) is 13.3. The van der Waals surface area contributed by atoms with Gasteiger partial charge in [-0.05, 0) is 33.8 Å². The number of nitrogens with one attached hydrogen (secondary N) is 1. The zero-order valence-electron chi connectivity index (χ0n) is 18.1. The third kappa shape index (κ3) is 5.59. The first kappa shape index (κ1) is 25.2. The van der Waals surface area contributed by atoms with E-state index in [-0.39, 0.29) is 32.2 Å². The Morgan fingerprint density at radius 2 is 2.00 bits per heavy atom. The summed E-state index contributed by atoms with van der Waals surface area (Å²) < 4.78 is 4.72. The summed E-state index contributed by atoms with van der Waals surface area (Å²) in [6.45, 7) is 7.62. The summed E-state index contributed by atoms with van der Waals surface area (Å²) in [5.41, 5.74) is 2.64. The Balaban J connectivity index is 0.00000225. The van der Waals surface area contributed by atoms with E-state index in [9.17, 15) is 9.59 Å². The Morgan fingerprint density at radius 1 is 1.27 bits per heavy atom. The Hall–Kier alpha value is -2.88. The summed E-state index contributed by atoms with van der Waals surface area (Å²) in [5, 5.41) is 6.34. The van der Waals surface area contributed by atoms with Gasteiger partial charge in [0.25, 0.3) is 5.91 Å². The van der Waals surface area contributed by atoms with Gasteiger partial charge in [-0.2, -0.15) is 5.56 Å². The fraction of sp³-hybridized carbons (Fsp3) is 0.227. The second-order valence-electron chi connectivity index (χ2n) is 7.29. The maximum Gasteiger partial charge on any atom is 1.00 e. The van der Waals surface area contributed by atoms with Crippen LogP contribution in [0.5, 0.6) is 0 Å². The van der Waals surface area contributed by atoms with E-state index in [2.05, 4.69) is 21.5 Å². The van der Waals surface area contributed by atoms with E-state index in [1.807, 2.05) is 40.2 Å². The average molecular weight is 398 g/mol. The van der Waals surface area contributed by atoms with Crippen molar-refractivity contribution in [3.05, 3.63) is 67.4 Å². The van der Waals surface area contributed by atoms with Gasteiger partial charge in [0.1, 0.15) is 6.26 Å². The molecule has 8 heteroatoms. The van der Waals surface area contributed by atoms with Crippen LogP contribution >= 0.6 is 0 Å². The predicted molar refractivity (Wildman–Crippen MR) is 112 cm³/mol. The van der Waals surface area contributed by atoms with Gasteiger partial charge in [0.05, 0.1) is 6.41 Å². The molecule has 0 bridgehead atoms. The summed E-state index contributed by atoms with van der Waals surface area (Å²) in [6, 6.07) is 11.7. The van der Waals surface area contributed by atoms with Crippen LogP contribution in [0.4, 0.5) is 11.6 Å². The molecule has 0 radical (unpaired) electrons. The number of carbonyl (C=O) groups excluding carboxylic acids is 2. The fourth-order valence-electron chi connectivity index (χ4n) is 2.65.